The number of H-pyrrole nitrogens is 1. The predicted octanol–water partition coefficient (Wildman–Crippen LogP) is -1.44. The van der Waals surface area contributed by atoms with Crippen LogP contribution in [0.15, 0.2) is 11.1 Å². The largest absolute Gasteiger partial charge is 0.463 e. The fourth-order valence-electron chi connectivity index (χ4n) is 2.76. The summed E-state index contributed by atoms with van der Waals surface area (Å²) < 4.78 is 6.66. The smallest absolute Gasteiger partial charge is 0.323 e. The highest BCUT2D eigenvalue weighted by molar-refractivity contribution is 8.00. The minimum Gasteiger partial charge on any atom is -0.463 e. The lowest BCUT2D eigenvalue weighted by molar-refractivity contribution is -0.147. The van der Waals surface area contributed by atoms with Gasteiger partial charge in [-0.3, -0.25) is 19.1 Å². The quantitative estimate of drug-likeness (QED) is 0.374. The Kier molecular flexibility index (Phi) is 5.42. The van der Waals surface area contributed by atoms with Crippen LogP contribution >= 0.6 is 11.8 Å². The zero-order valence-electron chi connectivity index (χ0n) is 14.8. The number of nitrogens with zero attached hydrogens (tertiary/aromatic N) is 3. The molecule has 3 heterocycles. The second-order valence-corrected chi connectivity index (χ2v) is 8.08. The van der Waals surface area contributed by atoms with Crippen LogP contribution in [0.3, 0.4) is 0 Å². The van der Waals surface area contributed by atoms with Crippen LogP contribution in [0, 0.1) is 5.92 Å². The minimum absolute atomic E-state index is 0.0734. The summed E-state index contributed by atoms with van der Waals surface area (Å²) in [5, 5.41) is 19.5. The molecule has 0 aromatic carbocycles. The first-order valence-electron chi connectivity index (χ1n) is 8.36. The Hall–Kier alpha value is -2.15. The van der Waals surface area contributed by atoms with Crippen LogP contribution in [0.1, 0.15) is 19.2 Å². The summed E-state index contributed by atoms with van der Waals surface area (Å²) in [5.41, 5.74) is 11.1. The van der Waals surface area contributed by atoms with E-state index in [2.05, 4.69) is 15.0 Å². The molecule has 1 aliphatic rings. The summed E-state index contributed by atoms with van der Waals surface area (Å²) in [6.45, 7) is 3.49. The zero-order valence-corrected chi connectivity index (χ0v) is 15.6. The van der Waals surface area contributed by atoms with Crippen LogP contribution in [0.5, 0.6) is 0 Å². The van der Waals surface area contributed by atoms with E-state index in [4.69, 9.17) is 16.2 Å². The highest BCUT2D eigenvalue weighted by Crippen LogP contribution is 2.42. The topological polar surface area (TPSA) is 182 Å². The maximum Gasteiger partial charge on any atom is 0.323 e. The van der Waals surface area contributed by atoms with E-state index in [1.54, 1.807) is 13.8 Å². The lowest BCUT2D eigenvalue weighted by Crippen LogP contribution is -2.39. The van der Waals surface area contributed by atoms with Crippen molar-refractivity contribution >= 4 is 34.8 Å². The number of rotatable bonds is 5. The molecule has 0 amide bonds. The third-order valence-electron chi connectivity index (χ3n) is 4.44. The van der Waals surface area contributed by atoms with E-state index < -0.39 is 40.4 Å². The number of esters is 1. The van der Waals surface area contributed by atoms with Crippen LogP contribution < -0.4 is 17.0 Å². The van der Waals surface area contributed by atoms with Crippen LogP contribution in [0.2, 0.25) is 0 Å². The Morgan fingerprint density at radius 2 is 2.15 bits per heavy atom. The van der Waals surface area contributed by atoms with Crippen molar-refractivity contribution in [3.05, 3.63) is 16.7 Å². The number of anilines is 1. The van der Waals surface area contributed by atoms with Gasteiger partial charge in [0.15, 0.2) is 11.2 Å². The van der Waals surface area contributed by atoms with Gasteiger partial charge in [0, 0.05) is 0 Å². The van der Waals surface area contributed by atoms with Gasteiger partial charge in [-0.1, -0.05) is 13.8 Å². The number of aliphatic hydroxyl groups excluding tert-OH is 2. The molecule has 0 radical (unpaired) electrons. The number of aromatic amines is 1. The molecule has 3 rings (SSSR count). The van der Waals surface area contributed by atoms with E-state index in [9.17, 15) is 19.8 Å². The molecule has 11 nitrogen and oxygen atoms in total. The van der Waals surface area contributed by atoms with Gasteiger partial charge in [-0.15, -0.1) is 11.8 Å². The maximum absolute atomic E-state index is 11.9. The van der Waals surface area contributed by atoms with Gasteiger partial charge in [-0.2, -0.15) is 4.98 Å². The van der Waals surface area contributed by atoms with Crippen molar-refractivity contribution < 1.29 is 19.7 Å². The zero-order chi connectivity index (χ0) is 19.9. The van der Waals surface area contributed by atoms with E-state index in [-0.39, 0.29) is 29.6 Å². The van der Waals surface area contributed by atoms with Crippen LogP contribution in [0.4, 0.5) is 5.95 Å². The van der Waals surface area contributed by atoms with Crippen LogP contribution in [0.25, 0.3) is 11.2 Å². The summed E-state index contributed by atoms with van der Waals surface area (Å²) in [6, 6.07) is -0.759. The second-order valence-electron chi connectivity index (χ2n) is 6.72. The molecule has 0 aliphatic carbocycles. The second kappa shape index (κ2) is 7.46. The molecule has 7 N–H and O–H groups in total. The molecule has 1 fully saturated rings. The van der Waals surface area contributed by atoms with Gasteiger partial charge >= 0.3 is 5.97 Å². The maximum atomic E-state index is 11.9. The summed E-state index contributed by atoms with van der Waals surface area (Å²) >= 11 is 1.19. The van der Waals surface area contributed by atoms with Gasteiger partial charge in [0.05, 0.1) is 17.7 Å². The van der Waals surface area contributed by atoms with E-state index in [0.717, 1.165) is 0 Å². The molecule has 148 valence electrons. The van der Waals surface area contributed by atoms with Gasteiger partial charge in [0.2, 0.25) is 5.95 Å². The van der Waals surface area contributed by atoms with E-state index in [0.29, 0.717) is 0 Å². The van der Waals surface area contributed by atoms with E-state index in [1.807, 2.05) is 0 Å². The summed E-state index contributed by atoms with van der Waals surface area (Å²) in [4.78, 5) is 34.2. The Labute approximate surface area is 158 Å². The van der Waals surface area contributed by atoms with Gasteiger partial charge in [0.1, 0.15) is 24.1 Å². The number of aliphatic hydroxyl groups is 2. The highest BCUT2D eigenvalue weighted by atomic mass is 32.2. The fraction of sp³-hybridized carbons (Fsp3) is 0.600. The number of nitrogens with one attached hydrogen (secondary N) is 1. The molecule has 27 heavy (non-hydrogen) atoms. The van der Waals surface area contributed by atoms with E-state index in [1.165, 1.54) is 22.7 Å². The van der Waals surface area contributed by atoms with Crippen molar-refractivity contribution in [2.75, 3.05) is 12.3 Å². The number of fused-ring (bicyclic) bond motifs is 1. The normalized spacial score (nSPS) is 26.6. The molecule has 2 unspecified atom stereocenters. The molecule has 0 spiro atoms. The predicted molar refractivity (Wildman–Crippen MR) is 98.8 cm³/mol. The van der Waals surface area contributed by atoms with Crippen molar-refractivity contribution in [3.8, 4) is 0 Å². The number of aromatic nitrogens is 4. The Morgan fingerprint density at radius 3 is 2.81 bits per heavy atom. The summed E-state index contributed by atoms with van der Waals surface area (Å²) in [7, 11) is 0. The third kappa shape index (κ3) is 3.65. The number of nitrogens with two attached hydrogens (primary N) is 2. The van der Waals surface area contributed by atoms with E-state index >= 15 is 0 Å². The number of imidazole rings is 1. The van der Waals surface area contributed by atoms with Gasteiger partial charge in [0.25, 0.3) is 5.56 Å². The molecule has 5 atom stereocenters. The number of hydrogen-bond acceptors (Lipinski definition) is 10. The standard InChI is InChI=1S/C15H22N6O5S/c1-5(2)7(16)14(25)26-3-6-9(22)10(23)13(27-6)21-4-18-8-11(21)19-15(17)20-12(8)24/h4-7,9-10,13,22-23H,3,16H2,1-2H3,(H3,17,19,20,24)/t6-,7+,9?,10?,13-/m1/s1. The first-order valence-corrected chi connectivity index (χ1v) is 9.31. The Bertz CT molecular complexity index is 898. The first-order chi connectivity index (χ1) is 12.7. The molecule has 1 aliphatic heterocycles. The van der Waals surface area contributed by atoms with Gasteiger partial charge in [-0.05, 0) is 5.92 Å². The van der Waals surface area contributed by atoms with Crippen LogP contribution in [-0.2, 0) is 9.53 Å². The molecule has 2 aromatic heterocycles. The summed E-state index contributed by atoms with van der Waals surface area (Å²) in [6.07, 6.45) is -0.986. The Morgan fingerprint density at radius 1 is 1.44 bits per heavy atom. The number of ether oxygens (including phenoxy) is 1. The lowest BCUT2D eigenvalue weighted by atomic mass is 10.1. The molecule has 2 aromatic rings. The molecule has 0 saturated carbocycles. The molecule has 0 bridgehead atoms. The van der Waals surface area contributed by atoms with Crippen molar-refractivity contribution in [1.82, 2.24) is 19.5 Å². The number of thioether (sulfide) groups is 1. The molecular formula is C15H22N6O5S. The number of hydrogen-bond donors (Lipinski definition) is 5. The SMILES string of the molecule is CC(C)[C@H](N)C(=O)OC[C@H]1S[C@@H](n2cnc3c(=O)[nH]c(N)nc32)C(O)C1O. The monoisotopic (exact) mass is 398 g/mol. The Balaban J connectivity index is 1.78. The average molecular weight is 398 g/mol. The van der Waals surface area contributed by atoms with Gasteiger partial charge < -0.3 is 26.4 Å². The van der Waals surface area contributed by atoms with Gasteiger partial charge in [-0.25, -0.2) is 4.98 Å². The average Bonchev–Trinajstić information content (AvgIpc) is 3.14. The number of nitrogen functional groups attached to an aromatic ring is 1. The van der Waals surface area contributed by atoms with Crippen molar-refractivity contribution in [3.63, 3.8) is 0 Å². The number of carbonyl (C=O) groups is 1. The fourth-order valence-corrected chi connectivity index (χ4v) is 4.19. The number of carbonyl (C=O) groups excluding carboxylic acids is 1. The van der Waals surface area contributed by atoms with Crippen molar-refractivity contribution in [2.45, 2.75) is 42.7 Å². The lowest BCUT2D eigenvalue weighted by Gasteiger charge is -2.18. The molecule has 1 saturated heterocycles. The first kappa shape index (κ1) is 19.6. The minimum atomic E-state index is -1.18. The van der Waals surface area contributed by atoms with Crippen molar-refractivity contribution in [2.24, 2.45) is 11.7 Å². The van der Waals surface area contributed by atoms with Crippen LogP contribution in [-0.4, -0.2) is 65.8 Å². The highest BCUT2D eigenvalue weighted by Gasteiger charge is 2.44. The third-order valence-corrected chi connectivity index (χ3v) is 5.99. The molecule has 12 heteroatoms. The summed E-state index contributed by atoms with van der Waals surface area (Å²) in [5.74, 6) is -0.728. The molecular weight excluding hydrogens is 376 g/mol. The van der Waals surface area contributed by atoms with Crippen molar-refractivity contribution in [1.29, 1.82) is 0 Å².